The third-order valence-electron chi connectivity index (χ3n) is 3.05. The molecule has 0 saturated heterocycles. The van der Waals surface area contributed by atoms with Crippen molar-refractivity contribution in [1.82, 2.24) is 10.3 Å². The van der Waals surface area contributed by atoms with Crippen molar-refractivity contribution in [1.29, 1.82) is 0 Å². The molecule has 0 unspecified atom stereocenters. The van der Waals surface area contributed by atoms with Crippen molar-refractivity contribution in [2.24, 2.45) is 0 Å². The van der Waals surface area contributed by atoms with Gasteiger partial charge < -0.3 is 15.0 Å². The molecule has 0 aliphatic rings. The SMILES string of the molecule is O=C(NCCC#Cc1c[nH]c(=O)c([N+](=O)[O-])c1)OCc1ccccc1. The first-order valence-corrected chi connectivity index (χ1v) is 7.37. The molecule has 1 aromatic carbocycles. The van der Waals surface area contributed by atoms with Crippen LogP contribution in [0.2, 0.25) is 0 Å². The van der Waals surface area contributed by atoms with Gasteiger partial charge in [0.2, 0.25) is 0 Å². The third kappa shape index (κ3) is 5.84. The van der Waals surface area contributed by atoms with Crippen LogP contribution in [-0.2, 0) is 11.3 Å². The number of H-pyrrole nitrogens is 1. The van der Waals surface area contributed by atoms with Crippen LogP contribution >= 0.6 is 0 Å². The van der Waals surface area contributed by atoms with Crippen molar-refractivity contribution in [3.63, 3.8) is 0 Å². The van der Waals surface area contributed by atoms with Crippen molar-refractivity contribution in [2.75, 3.05) is 6.54 Å². The maximum absolute atomic E-state index is 11.5. The van der Waals surface area contributed by atoms with E-state index in [1.54, 1.807) is 0 Å². The first kappa shape index (κ1) is 17.7. The van der Waals surface area contributed by atoms with Crippen LogP contribution < -0.4 is 10.9 Å². The maximum Gasteiger partial charge on any atom is 0.407 e. The molecule has 0 fully saturated rings. The number of nitrogens with one attached hydrogen (secondary N) is 2. The summed E-state index contributed by atoms with van der Waals surface area (Å²) in [6.07, 6.45) is 1.07. The van der Waals surface area contributed by atoms with E-state index in [0.29, 0.717) is 12.0 Å². The van der Waals surface area contributed by atoms with Gasteiger partial charge in [0.15, 0.2) is 0 Å². The molecule has 8 heteroatoms. The van der Waals surface area contributed by atoms with E-state index < -0.39 is 22.3 Å². The zero-order chi connectivity index (χ0) is 18.1. The number of nitrogens with zero attached hydrogens (tertiary/aromatic N) is 1. The first-order chi connectivity index (χ1) is 12.1. The van der Waals surface area contributed by atoms with Gasteiger partial charge in [-0.15, -0.1) is 0 Å². The molecule has 25 heavy (non-hydrogen) atoms. The second-order valence-corrected chi connectivity index (χ2v) is 4.90. The Hall–Kier alpha value is -3.60. The fraction of sp³-hybridized carbons (Fsp3) is 0.176. The van der Waals surface area contributed by atoms with Gasteiger partial charge >= 0.3 is 17.3 Å². The van der Waals surface area contributed by atoms with E-state index in [4.69, 9.17) is 4.74 Å². The standard InChI is InChI=1S/C17H15N3O5/c21-16-15(20(23)24)10-14(11-19-16)8-4-5-9-18-17(22)25-12-13-6-2-1-3-7-13/h1-3,6-7,10-11H,5,9,12H2,(H,18,22)(H,19,21). The fourth-order valence-corrected chi connectivity index (χ4v) is 1.85. The summed E-state index contributed by atoms with van der Waals surface area (Å²) in [5, 5.41) is 13.2. The van der Waals surface area contributed by atoms with Crippen LogP contribution in [0.3, 0.4) is 0 Å². The average Bonchev–Trinajstić information content (AvgIpc) is 2.61. The number of aromatic nitrogens is 1. The topological polar surface area (TPSA) is 114 Å². The molecule has 0 bridgehead atoms. The predicted molar refractivity (Wildman–Crippen MR) is 89.8 cm³/mol. The first-order valence-electron chi connectivity index (χ1n) is 7.37. The number of alkyl carbamates (subject to hydrolysis) is 1. The number of amides is 1. The van der Waals surface area contributed by atoms with Crippen LogP contribution in [-0.4, -0.2) is 22.5 Å². The lowest BCUT2D eigenvalue weighted by molar-refractivity contribution is -0.386. The van der Waals surface area contributed by atoms with Gasteiger partial charge in [0.1, 0.15) is 6.61 Å². The lowest BCUT2D eigenvalue weighted by Gasteiger charge is -2.05. The second kappa shape index (κ2) is 8.88. The summed E-state index contributed by atoms with van der Waals surface area (Å²) in [5.41, 5.74) is -0.136. The molecule has 0 atom stereocenters. The largest absolute Gasteiger partial charge is 0.445 e. The number of hydrogen-bond acceptors (Lipinski definition) is 5. The van der Waals surface area contributed by atoms with Gasteiger partial charge in [0.05, 0.1) is 4.92 Å². The van der Waals surface area contributed by atoms with Gasteiger partial charge in [-0.05, 0) is 5.56 Å². The van der Waals surface area contributed by atoms with Gasteiger partial charge in [-0.3, -0.25) is 14.9 Å². The van der Waals surface area contributed by atoms with Gasteiger partial charge in [0.25, 0.3) is 0 Å². The van der Waals surface area contributed by atoms with E-state index in [2.05, 4.69) is 22.1 Å². The predicted octanol–water partition coefficient (Wildman–Crippen LogP) is 1.95. The minimum Gasteiger partial charge on any atom is -0.445 e. The van der Waals surface area contributed by atoms with Crippen molar-refractivity contribution < 1.29 is 14.5 Å². The number of rotatable bonds is 5. The minimum atomic E-state index is -0.779. The molecular formula is C17H15N3O5. The summed E-state index contributed by atoms with van der Waals surface area (Å²) in [7, 11) is 0. The number of benzene rings is 1. The summed E-state index contributed by atoms with van der Waals surface area (Å²) in [6.45, 7) is 0.450. The second-order valence-electron chi connectivity index (χ2n) is 4.90. The van der Waals surface area contributed by atoms with Crippen LogP contribution in [0.15, 0.2) is 47.4 Å². The number of pyridine rings is 1. The molecular weight excluding hydrogens is 326 g/mol. The van der Waals surface area contributed by atoms with Crippen LogP contribution in [0.5, 0.6) is 0 Å². The van der Waals surface area contributed by atoms with Gasteiger partial charge in [-0.1, -0.05) is 42.2 Å². The molecule has 8 nitrogen and oxygen atoms in total. The monoisotopic (exact) mass is 341 g/mol. The lowest BCUT2D eigenvalue weighted by Crippen LogP contribution is -2.24. The molecule has 1 heterocycles. The number of nitro groups is 1. The lowest BCUT2D eigenvalue weighted by atomic mass is 10.2. The normalized spacial score (nSPS) is 9.60. The molecule has 2 aromatic rings. The smallest absolute Gasteiger partial charge is 0.407 e. The summed E-state index contributed by atoms with van der Waals surface area (Å²) in [5.74, 6) is 5.43. The molecule has 0 saturated carbocycles. The summed E-state index contributed by atoms with van der Waals surface area (Å²) in [6, 6.07) is 10.4. The summed E-state index contributed by atoms with van der Waals surface area (Å²) in [4.78, 5) is 34.9. The molecule has 2 rings (SSSR count). The van der Waals surface area contributed by atoms with Crippen molar-refractivity contribution in [2.45, 2.75) is 13.0 Å². The number of hydrogen-bond donors (Lipinski definition) is 2. The van der Waals surface area contributed by atoms with Gasteiger partial charge in [0, 0.05) is 30.8 Å². The molecule has 2 N–H and O–H groups in total. The number of aromatic amines is 1. The number of carbonyl (C=O) groups excluding carboxylic acids is 1. The highest BCUT2D eigenvalue weighted by atomic mass is 16.6. The molecule has 0 aliphatic heterocycles. The van der Waals surface area contributed by atoms with Crippen molar-refractivity contribution >= 4 is 11.8 Å². The van der Waals surface area contributed by atoms with Crippen LogP contribution in [0, 0.1) is 22.0 Å². The van der Waals surface area contributed by atoms with E-state index in [9.17, 15) is 19.7 Å². The fourth-order valence-electron chi connectivity index (χ4n) is 1.85. The Morgan fingerprint density at radius 1 is 1.32 bits per heavy atom. The molecule has 128 valence electrons. The molecule has 0 radical (unpaired) electrons. The zero-order valence-electron chi connectivity index (χ0n) is 13.2. The van der Waals surface area contributed by atoms with Gasteiger partial charge in [-0.2, -0.15) is 0 Å². The Morgan fingerprint density at radius 3 is 2.80 bits per heavy atom. The molecule has 1 aromatic heterocycles. The van der Waals surface area contributed by atoms with Crippen LogP contribution in [0.1, 0.15) is 17.5 Å². The number of carbonyl (C=O) groups is 1. The molecule has 1 amide bonds. The Bertz CT molecular complexity index is 865. The van der Waals surface area contributed by atoms with E-state index in [1.807, 2.05) is 30.3 Å². The Kier molecular flexibility index (Phi) is 6.31. The van der Waals surface area contributed by atoms with Gasteiger partial charge in [-0.25, -0.2) is 4.79 Å². The quantitative estimate of drug-likeness (QED) is 0.373. The highest BCUT2D eigenvalue weighted by molar-refractivity contribution is 5.67. The minimum absolute atomic E-state index is 0.180. The third-order valence-corrected chi connectivity index (χ3v) is 3.05. The molecule has 0 spiro atoms. The highest BCUT2D eigenvalue weighted by Crippen LogP contribution is 2.04. The van der Waals surface area contributed by atoms with Crippen molar-refractivity contribution in [3.8, 4) is 11.8 Å². The van der Waals surface area contributed by atoms with Crippen LogP contribution in [0.4, 0.5) is 10.5 Å². The number of ether oxygens (including phenoxy) is 1. The maximum atomic E-state index is 11.5. The summed E-state index contributed by atoms with van der Waals surface area (Å²) < 4.78 is 5.04. The van der Waals surface area contributed by atoms with Crippen LogP contribution in [0.25, 0.3) is 0 Å². The summed E-state index contributed by atoms with van der Waals surface area (Å²) >= 11 is 0. The van der Waals surface area contributed by atoms with E-state index in [0.717, 1.165) is 11.6 Å². The highest BCUT2D eigenvalue weighted by Gasteiger charge is 2.11. The van der Waals surface area contributed by atoms with E-state index >= 15 is 0 Å². The zero-order valence-corrected chi connectivity index (χ0v) is 13.2. The Morgan fingerprint density at radius 2 is 2.08 bits per heavy atom. The Balaban J connectivity index is 1.75. The molecule has 0 aliphatic carbocycles. The van der Waals surface area contributed by atoms with E-state index in [-0.39, 0.29) is 13.2 Å². The Labute approximate surface area is 143 Å². The average molecular weight is 341 g/mol. The van der Waals surface area contributed by atoms with Crippen molar-refractivity contribution in [3.05, 3.63) is 74.2 Å². The van der Waals surface area contributed by atoms with E-state index in [1.165, 1.54) is 6.20 Å².